The Hall–Kier alpha value is -9.15. The summed E-state index contributed by atoms with van der Waals surface area (Å²) in [5.74, 6) is 1.76. The van der Waals surface area contributed by atoms with Gasteiger partial charge in [0.1, 0.15) is 11.5 Å². The van der Waals surface area contributed by atoms with E-state index in [2.05, 4.69) is 278 Å². The predicted octanol–water partition coefficient (Wildman–Crippen LogP) is 18.9. The van der Waals surface area contributed by atoms with E-state index in [0.29, 0.717) is 0 Å². The van der Waals surface area contributed by atoms with Crippen molar-refractivity contribution in [2.75, 3.05) is 4.90 Å². The zero-order chi connectivity index (χ0) is 49.2. The van der Waals surface area contributed by atoms with Crippen molar-refractivity contribution < 1.29 is 4.74 Å². The molecule has 2 nitrogen and oxygen atoms in total. The molecule has 2 aliphatic carbocycles. The van der Waals surface area contributed by atoms with Crippen molar-refractivity contribution in [1.82, 2.24) is 0 Å². The van der Waals surface area contributed by atoms with Crippen LogP contribution >= 0.6 is 11.8 Å². The fraction of sp³-hybridized carbons (Fsp3) is 0.0278. The summed E-state index contributed by atoms with van der Waals surface area (Å²) < 4.78 is 6.81. The minimum Gasteiger partial charge on any atom is -0.457 e. The lowest BCUT2D eigenvalue weighted by Crippen LogP contribution is -2.32. The third-order valence-corrected chi connectivity index (χ3v) is 17.8. The van der Waals surface area contributed by atoms with Gasteiger partial charge in [0.15, 0.2) is 0 Å². The molecule has 0 atom stereocenters. The summed E-state index contributed by atoms with van der Waals surface area (Å²) in [6.07, 6.45) is 0. The normalized spacial score (nSPS) is 14.1. The summed E-state index contributed by atoms with van der Waals surface area (Å²) in [6, 6.07) is 102. The van der Waals surface area contributed by atoms with Crippen LogP contribution in [0.5, 0.6) is 11.5 Å². The van der Waals surface area contributed by atoms with Gasteiger partial charge in [0.2, 0.25) is 0 Å². The molecule has 0 N–H and O–H groups in total. The number of anilines is 3. The van der Waals surface area contributed by atoms with Crippen LogP contribution in [-0.4, -0.2) is 0 Å². The first kappa shape index (κ1) is 42.4. The van der Waals surface area contributed by atoms with Crippen LogP contribution in [0.2, 0.25) is 0 Å². The van der Waals surface area contributed by atoms with Crippen molar-refractivity contribution >= 4 is 39.6 Å². The van der Waals surface area contributed by atoms with Crippen molar-refractivity contribution in [2.45, 2.75) is 20.6 Å². The number of hydrogen-bond acceptors (Lipinski definition) is 3. The highest BCUT2D eigenvalue weighted by Gasteiger charge is 2.53. The molecule has 0 saturated carbocycles. The molecular weight excluding hydrogens is 927 g/mol. The average molecular weight is 972 g/mol. The molecule has 2 spiro atoms. The van der Waals surface area contributed by atoms with Gasteiger partial charge >= 0.3 is 0 Å². The second kappa shape index (κ2) is 16.2. The summed E-state index contributed by atoms with van der Waals surface area (Å²) in [5.41, 5.74) is 21.9. The molecule has 0 amide bonds. The van der Waals surface area contributed by atoms with Crippen LogP contribution < -0.4 is 9.64 Å². The molecule has 2 heterocycles. The summed E-state index contributed by atoms with van der Waals surface area (Å²) >= 11 is 1.89. The van der Waals surface area contributed by atoms with E-state index in [9.17, 15) is 0 Å². The second-order valence-corrected chi connectivity index (χ2v) is 21.3. The SMILES string of the molecule is c1ccc(-c2ccc(-c3ccccc3N(c3ccc4c(c3)C3(c5ccccc5Oc5ccccc53)c3ccccc3-4)c3cccc4ccc5c(c34)-c3ccccc3C53c4ccccc4Sc4ccccc43)cc2)cc1. The molecule has 12 aromatic rings. The maximum absolute atomic E-state index is 6.81. The molecule has 0 fully saturated rings. The lowest BCUT2D eigenvalue weighted by atomic mass is 9.66. The molecule has 75 heavy (non-hydrogen) atoms. The van der Waals surface area contributed by atoms with Crippen molar-refractivity contribution in [3.63, 3.8) is 0 Å². The van der Waals surface area contributed by atoms with E-state index in [1.54, 1.807) is 0 Å². The molecule has 0 bridgehead atoms. The van der Waals surface area contributed by atoms with Crippen LogP contribution in [0.15, 0.2) is 283 Å². The van der Waals surface area contributed by atoms with Crippen molar-refractivity contribution in [2.24, 2.45) is 0 Å². The quantitative estimate of drug-likeness (QED) is 0.171. The Morgan fingerprint density at radius 2 is 0.813 bits per heavy atom. The molecule has 2 aliphatic heterocycles. The minimum atomic E-state index is -0.642. The highest BCUT2D eigenvalue weighted by Crippen LogP contribution is 2.66. The van der Waals surface area contributed by atoms with Gasteiger partial charge in [0, 0.05) is 37.6 Å². The van der Waals surface area contributed by atoms with E-state index < -0.39 is 10.8 Å². The lowest BCUT2D eigenvalue weighted by Gasteiger charge is -2.40. The third kappa shape index (κ3) is 5.82. The van der Waals surface area contributed by atoms with Crippen LogP contribution in [0.4, 0.5) is 17.1 Å². The predicted molar refractivity (Wildman–Crippen MR) is 308 cm³/mol. The Labute approximate surface area is 440 Å². The molecule has 0 unspecified atom stereocenters. The van der Waals surface area contributed by atoms with Gasteiger partial charge in [-0.05, 0) is 126 Å². The molecule has 0 aromatic heterocycles. The number of fused-ring (bicyclic) bond motifs is 20. The van der Waals surface area contributed by atoms with Crippen molar-refractivity contribution in [3.05, 3.63) is 317 Å². The second-order valence-electron chi connectivity index (χ2n) is 20.2. The fourth-order valence-corrected chi connectivity index (χ4v) is 14.9. The molecule has 16 rings (SSSR count). The molecule has 350 valence electrons. The Bertz CT molecular complexity index is 4230. The summed E-state index contributed by atoms with van der Waals surface area (Å²) in [6.45, 7) is 0. The Morgan fingerprint density at radius 3 is 1.52 bits per heavy atom. The van der Waals surface area contributed by atoms with Crippen molar-refractivity contribution in [1.29, 1.82) is 0 Å². The zero-order valence-electron chi connectivity index (χ0n) is 40.7. The number of ether oxygens (including phenoxy) is 1. The number of hydrogen-bond donors (Lipinski definition) is 0. The first-order valence-electron chi connectivity index (χ1n) is 25.9. The highest BCUT2D eigenvalue weighted by atomic mass is 32.2. The van der Waals surface area contributed by atoms with Crippen LogP contribution in [-0.2, 0) is 10.8 Å². The van der Waals surface area contributed by atoms with E-state index in [4.69, 9.17) is 4.74 Å². The first-order chi connectivity index (χ1) is 37.2. The van der Waals surface area contributed by atoms with E-state index >= 15 is 0 Å². The largest absolute Gasteiger partial charge is 0.457 e. The Morgan fingerprint density at radius 1 is 0.307 bits per heavy atom. The average Bonchev–Trinajstić information content (AvgIpc) is 4.12. The van der Waals surface area contributed by atoms with E-state index in [1.165, 1.54) is 87.3 Å². The van der Waals surface area contributed by atoms with Crippen LogP contribution in [0.3, 0.4) is 0 Å². The lowest BCUT2D eigenvalue weighted by molar-refractivity contribution is 0.436. The number of para-hydroxylation sites is 3. The smallest absolute Gasteiger partial charge is 0.132 e. The topological polar surface area (TPSA) is 12.5 Å². The van der Waals surface area contributed by atoms with E-state index in [-0.39, 0.29) is 0 Å². The van der Waals surface area contributed by atoms with Crippen LogP contribution in [0.1, 0.15) is 44.5 Å². The standard InChI is InChI=1S/C72H45NOS/c1-2-19-46(20-3-1)47-37-39-48(40-38-47)51-22-6-13-31-63(51)73(50-42-43-53-52-23-4-7-25-55(52)71(62(53)45-50)57-27-9-14-33-65(57)74-66-34-15-10-28-58(66)71)64-32-18-21-49-41-44-61-70(69(49)64)54-24-5-8-26-56(54)72(61)59-29-11-16-35-67(59)75-68-36-17-12-30-60(68)72/h1-45H. The molecule has 12 aromatic carbocycles. The Balaban J connectivity index is 1.01. The van der Waals surface area contributed by atoms with Crippen LogP contribution in [0, 0.1) is 0 Å². The van der Waals surface area contributed by atoms with Crippen LogP contribution in [0.25, 0.3) is 55.3 Å². The van der Waals surface area contributed by atoms with Gasteiger partial charge in [-0.3, -0.25) is 0 Å². The van der Waals surface area contributed by atoms with Gasteiger partial charge in [0.25, 0.3) is 0 Å². The number of benzene rings is 12. The summed E-state index contributed by atoms with van der Waals surface area (Å²) in [4.78, 5) is 5.17. The van der Waals surface area contributed by atoms with Crippen molar-refractivity contribution in [3.8, 4) is 56.0 Å². The monoisotopic (exact) mass is 971 g/mol. The maximum Gasteiger partial charge on any atom is 0.132 e. The molecule has 0 saturated heterocycles. The molecule has 3 heteroatoms. The van der Waals surface area contributed by atoms with Gasteiger partial charge in [0.05, 0.1) is 22.2 Å². The summed E-state index contributed by atoms with van der Waals surface area (Å²) in [5, 5.41) is 2.42. The fourth-order valence-electron chi connectivity index (χ4n) is 13.7. The van der Waals surface area contributed by atoms with Gasteiger partial charge in [-0.25, -0.2) is 0 Å². The molecule has 4 aliphatic rings. The molecule has 0 radical (unpaired) electrons. The maximum atomic E-state index is 6.81. The third-order valence-electron chi connectivity index (χ3n) is 16.6. The van der Waals surface area contributed by atoms with Gasteiger partial charge in [-0.15, -0.1) is 0 Å². The van der Waals surface area contributed by atoms with Gasteiger partial charge in [-0.1, -0.05) is 236 Å². The molecular formula is C72H45NOS. The number of rotatable bonds is 5. The number of nitrogens with zero attached hydrogens (tertiary/aromatic N) is 1. The Kier molecular flexibility index (Phi) is 9.14. The highest BCUT2D eigenvalue weighted by molar-refractivity contribution is 7.99. The first-order valence-corrected chi connectivity index (χ1v) is 26.7. The van der Waals surface area contributed by atoms with E-state index in [1.807, 2.05) is 11.8 Å². The van der Waals surface area contributed by atoms with Gasteiger partial charge in [-0.2, -0.15) is 0 Å². The zero-order valence-corrected chi connectivity index (χ0v) is 41.6. The van der Waals surface area contributed by atoms with Gasteiger partial charge < -0.3 is 9.64 Å². The minimum absolute atomic E-state index is 0.523. The summed E-state index contributed by atoms with van der Waals surface area (Å²) in [7, 11) is 0. The van der Waals surface area contributed by atoms with E-state index in [0.717, 1.165) is 50.8 Å².